The summed E-state index contributed by atoms with van der Waals surface area (Å²) in [4.78, 5) is 25.0. The van der Waals surface area contributed by atoms with Gasteiger partial charge in [-0.05, 0) is 12.0 Å². The molecule has 4 nitrogen and oxygen atoms in total. The van der Waals surface area contributed by atoms with E-state index in [0.29, 0.717) is 12.5 Å². The quantitative estimate of drug-likeness (QED) is 0.861. The van der Waals surface area contributed by atoms with Crippen LogP contribution in [0, 0.1) is 5.92 Å². The van der Waals surface area contributed by atoms with Gasteiger partial charge in [0.1, 0.15) is 0 Å². The van der Waals surface area contributed by atoms with Gasteiger partial charge in [-0.2, -0.15) is 0 Å². The highest BCUT2D eigenvalue weighted by atomic mass is 16.2. The molecular formula is C14H16N2O2. The van der Waals surface area contributed by atoms with Crippen LogP contribution >= 0.6 is 0 Å². The van der Waals surface area contributed by atoms with Crippen molar-refractivity contribution in [2.24, 2.45) is 5.92 Å². The Morgan fingerprint density at radius 3 is 2.67 bits per heavy atom. The van der Waals surface area contributed by atoms with Gasteiger partial charge in [0, 0.05) is 18.5 Å². The van der Waals surface area contributed by atoms with Crippen molar-refractivity contribution in [1.82, 2.24) is 10.2 Å². The van der Waals surface area contributed by atoms with Gasteiger partial charge in [0.25, 0.3) is 0 Å². The molecule has 1 aromatic carbocycles. The van der Waals surface area contributed by atoms with Crippen LogP contribution < -0.4 is 5.32 Å². The fourth-order valence-corrected chi connectivity index (χ4v) is 2.63. The van der Waals surface area contributed by atoms with E-state index >= 15 is 0 Å². The summed E-state index contributed by atoms with van der Waals surface area (Å²) in [5, 5.41) is 2.42. The minimum Gasteiger partial charge on any atom is -0.320 e. The Labute approximate surface area is 106 Å². The predicted octanol–water partition coefficient (Wildman–Crippen LogP) is 1.73. The van der Waals surface area contributed by atoms with E-state index in [0.717, 1.165) is 6.42 Å². The summed E-state index contributed by atoms with van der Waals surface area (Å²) < 4.78 is 0. The van der Waals surface area contributed by atoms with Gasteiger partial charge in [-0.3, -0.25) is 10.1 Å². The van der Waals surface area contributed by atoms with Crippen LogP contribution in [0.1, 0.15) is 24.8 Å². The van der Waals surface area contributed by atoms with Gasteiger partial charge in [0.15, 0.2) is 0 Å². The van der Waals surface area contributed by atoms with Gasteiger partial charge in [0.2, 0.25) is 5.91 Å². The van der Waals surface area contributed by atoms with E-state index in [-0.39, 0.29) is 23.9 Å². The topological polar surface area (TPSA) is 49.4 Å². The zero-order valence-electron chi connectivity index (χ0n) is 10.3. The minimum atomic E-state index is -0.235. The van der Waals surface area contributed by atoms with E-state index in [4.69, 9.17) is 0 Å². The molecule has 3 atom stereocenters. The molecule has 3 rings (SSSR count). The summed E-state index contributed by atoms with van der Waals surface area (Å²) in [5.74, 6) is 0.158. The molecule has 1 saturated carbocycles. The van der Waals surface area contributed by atoms with Crippen molar-refractivity contribution in [3.63, 3.8) is 0 Å². The Balaban J connectivity index is 1.71. The van der Waals surface area contributed by atoms with Crippen LogP contribution in [0.15, 0.2) is 30.3 Å². The molecule has 0 spiro atoms. The molecule has 94 valence electrons. The Kier molecular flexibility index (Phi) is 2.58. The molecule has 1 heterocycles. The highest BCUT2D eigenvalue weighted by molar-refractivity contribution is 5.98. The normalized spacial score (nSPS) is 31.2. The van der Waals surface area contributed by atoms with Crippen LogP contribution in [0.3, 0.4) is 0 Å². The molecule has 2 fully saturated rings. The fraction of sp³-hybridized carbons (Fsp3) is 0.429. The zero-order chi connectivity index (χ0) is 12.7. The molecule has 1 aromatic rings. The van der Waals surface area contributed by atoms with Crippen LogP contribution in [0.5, 0.6) is 0 Å². The predicted molar refractivity (Wildman–Crippen MR) is 67.0 cm³/mol. The van der Waals surface area contributed by atoms with Gasteiger partial charge >= 0.3 is 6.03 Å². The van der Waals surface area contributed by atoms with E-state index in [1.807, 2.05) is 30.0 Å². The summed E-state index contributed by atoms with van der Waals surface area (Å²) in [7, 11) is 0. The molecule has 0 radical (unpaired) electrons. The standard InChI is InChI=1S/C14H16N2O2/c1-9-8-16(14(18)15-13(9)17)12-7-11(12)10-5-3-2-4-6-10/h2-6,9,11-12H,7-8H2,1H3,(H,15,17,18). The summed E-state index contributed by atoms with van der Waals surface area (Å²) in [5.41, 5.74) is 1.28. The molecule has 3 unspecified atom stereocenters. The van der Waals surface area contributed by atoms with Crippen LogP contribution in [-0.2, 0) is 4.79 Å². The lowest BCUT2D eigenvalue weighted by atomic mass is 10.1. The monoisotopic (exact) mass is 244 g/mol. The number of carbonyl (C=O) groups is 2. The number of imide groups is 1. The first-order valence-electron chi connectivity index (χ1n) is 6.33. The zero-order valence-corrected chi connectivity index (χ0v) is 10.3. The molecule has 1 aliphatic carbocycles. The van der Waals surface area contributed by atoms with Crippen LogP contribution in [-0.4, -0.2) is 29.4 Å². The first-order valence-corrected chi connectivity index (χ1v) is 6.33. The lowest BCUT2D eigenvalue weighted by molar-refractivity contribution is -0.125. The van der Waals surface area contributed by atoms with E-state index in [1.54, 1.807) is 0 Å². The Bertz CT molecular complexity index is 486. The average Bonchev–Trinajstić information content (AvgIpc) is 3.15. The van der Waals surface area contributed by atoms with Crippen LogP contribution in [0.25, 0.3) is 0 Å². The van der Waals surface area contributed by atoms with Crippen molar-refractivity contribution >= 4 is 11.9 Å². The molecule has 1 saturated heterocycles. The third kappa shape index (κ3) is 1.88. The van der Waals surface area contributed by atoms with Gasteiger partial charge in [-0.15, -0.1) is 0 Å². The molecule has 1 aliphatic heterocycles. The second kappa shape index (κ2) is 4.12. The number of hydrogen-bond donors (Lipinski definition) is 1. The number of urea groups is 1. The summed E-state index contributed by atoms with van der Waals surface area (Å²) >= 11 is 0. The van der Waals surface area contributed by atoms with E-state index in [2.05, 4.69) is 17.4 Å². The SMILES string of the molecule is CC1CN(C2CC2c2ccccc2)C(=O)NC1=O. The van der Waals surface area contributed by atoms with Crippen molar-refractivity contribution in [2.45, 2.75) is 25.3 Å². The third-order valence-electron chi connectivity index (χ3n) is 3.79. The Morgan fingerprint density at radius 1 is 1.22 bits per heavy atom. The number of carbonyl (C=O) groups excluding carboxylic acids is 2. The largest absolute Gasteiger partial charge is 0.324 e. The second-order valence-corrected chi connectivity index (χ2v) is 5.17. The Hall–Kier alpha value is -1.84. The molecule has 0 bridgehead atoms. The molecule has 3 amide bonds. The summed E-state index contributed by atoms with van der Waals surface area (Å²) in [6.07, 6.45) is 0.998. The number of nitrogens with one attached hydrogen (secondary N) is 1. The van der Waals surface area contributed by atoms with Gasteiger partial charge in [0.05, 0.1) is 5.92 Å². The maximum absolute atomic E-state index is 11.8. The smallest absolute Gasteiger partial charge is 0.320 e. The number of hydrogen-bond acceptors (Lipinski definition) is 2. The molecule has 4 heteroatoms. The lowest BCUT2D eigenvalue weighted by Gasteiger charge is -2.30. The lowest BCUT2D eigenvalue weighted by Crippen LogP contribution is -2.54. The Morgan fingerprint density at radius 2 is 1.94 bits per heavy atom. The number of benzene rings is 1. The van der Waals surface area contributed by atoms with Crippen molar-refractivity contribution in [2.75, 3.05) is 6.54 Å². The summed E-state index contributed by atoms with van der Waals surface area (Å²) in [6, 6.07) is 10.3. The number of nitrogens with zero attached hydrogens (tertiary/aromatic N) is 1. The van der Waals surface area contributed by atoms with E-state index < -0.39 is 0 Å². The van der Waals surface area contributed by atoms with Gasteiger partial charge in [-0.1, -0.05) is 37.3 Å². The first kappa shape index (κ1) is 11.3. The molecule has 2 aliphatic rings. The van der Waals surface area contributed by atoms with Crippen LogP contribution in [0.4, 0.5) is 4.79 Å². The molecular weight excluding hydrogens is 228 g/mol. The van der Waals surface area contributed by atoms with Crippen molar-refractivity contribution < 1.29 is 9.59 Å². The first-order chi connectivity index (χ1) is 8.66. The highest BCUT2D eigenvalue weighted by Gasteiger charge is 2.47. The molecule has 18 heavy (non-hydrogen) atoms. The fourth-order valence-electron chi connectivity index (χ4n) is 2.63. The molecule has 0 aromatic heterocycles. The van der Waals surface area contributed by atoms with Crippen molar-refractivity contribution in [3.8, 4) is 0 Å². The maximum Gasteiger partial charge on any atom is 0.324 e. The van der Waals surface area contributed by atoms with E-state index in [1.165, 1.54) is 5.56 Å². The van der Waals surface area contributed by atoms with Crippen LogP contribution in [0.2, 0.25) is 0 Å². The van der Waals surface area contributed by atoms with E-state index in [9.17, 15) is 9.59 Å². The maximum atomic E-state index is 11.8. The van der Waals surface area contributed by atoms with Crippen molar-refractivity contribution in [1.29, 1.82) is 0 Å². The minimum absolute atomic E-state index is 0.111. The van der Waals surface area contributed by atoms with Crippen molar-refractivity contribution in [3.05, 3.63) is 35.9 Å². The van der Waals surface area contributed by atoms with Gasteiger partial charge in [-0.25, -0.2) is 4.79 Å². The third-order valence-corrected chi connectivity index (χ3v) is 3.79. The average molecular weight is 244 g/mol. The summed E-state index contributed by atoms with van der Waals surface area (Å²) in [6.45, 7) is 2.40. The number of amides is 3. The molecule has 1 N–H and O–H groups in total. The number of rotatable bonds is 2. The second-order valence-electron chi connectivity index (χ2n) is 5.17. The highest BCUT2D eigenvalue weighted by Crippen LogP contribution is 2.45. The van der Waals surface area contributed by atoms with Gasteiger partial charge < -0.3 is 4.90 Å².